The van der Waals surface area contributed by atoms with Crippen molar-refractivity contribution in [3.05, 3.63) is 54.4 Å². The van der Waals surface area contributed by atoms with Gasteiger partial charge in [0.05, 0.1) is 5.56 Å². The number of rotatable bonds is 5. The number of halogens is 3. The van der Waals surface area contributed by atoms with Gasteiger partial charge in [0.1, 0.15) is 6.04 Å². The van der Waals surface area contributed by atoms with Crippen LogP contribution in [-0.4, -0.2) is 60.7 Å². The normalized spacial score (nSPS) is 16.7. The van der Waals surface area contributed by atoms with E-state index in [1.165, 1.54) is 11.1 Å². The maximum Gasteiger partial charge on any atom is 0.405 e. The number of aromatic nitrogens is 1. The number of piperazine rings is 1. The molecule has 0 spiro atoms. The van der Waals surface area contributed by atoms with E-state index in [9.17, 15) is 18.0 Å². The zero-order valence-electron chi connectivity index (χ0n) is 14.7. The number of nitrogens with one attached hydrogen (secondary N) is 2. The molecule has 0 aliphatic carbocycles. The van der Waals surface area contributed by atoms with Crippen molar-refractivity contribution in [1.82, 2.24) is 20.5 Å². The van der Waals surface area contributed by atoms with Gasteiger partial charge >= 0.3 is 6.18 Å². The van der Waals surface area contributed by atoms with Crippen LogP contribution in [0.15, 0.2) is 48.8 Å². The predicted octanol–water partition coefficient (Wildman–Crippen LogP) is 2.31. The second kappa shape index (κ2) is 8.49. The van der Waals surface area contributed by atoms with Crippen molar-refractivity contribution in [2.24, 2.45) is 0 Å². The molecule has 1 aromatic heterocycles. The SMILES string of the molecule is O=C(NCC(N1CCNCC1)C(F)(F)F)c1cncc(-c2ccccc2)c1. The van der Waals surface area contributed by atoms with Crippen LogP contribution in [0.3, 0.4) is 0 Å². The van der Waals surface area contributed by atoms with Crippen molar-refractivity contribution in [2.75, 3.05) is 32.7 Å². The first-order valence-electron chi connectivity index (χ1n) is 8.75. The van der Waals surface area contributed by atoms with E-state index < -0.39 is 24.7 Å². The van der Waals surface area contributed by atoms with Gasteiger partial charge in [-0.25, -0.2) is 0 Å². The molecule has 0 saturated carbocycles. The molecule has 0 bridgehead atoms. The molecule has 3 rings (SSSR count). The number of hydrogen-bond donors (Lipinski definition) is 2. The van der Waals surface area contributed by atoms with Crippen molar-refractivity contribution in [1.29, 1.82) is 0 Å². The molecule has 1 unspecified atom stereocenters. The monoisotopic (exact) mass is 378 g/mol. The first kappa shape index (κ1) is 19.3. The number of nitrogens with zero attached hydrogens (tertiary/aromatic N) is 2. The average Bonchev–Trinajstić information content (AvgIpc) is 2.68. The first-order valence-corrected chi connectivity index (χ1v) is 8.75. The Balaban J connectivity index is 1.69. The predicted molar refractivity (Wildman–Crippen MR) is 96.3 cm³/mol. The summed E-state index contributed by atoms with van der Waals surface area (Å²) >= 11 is 0. The van der Waals surface area contributed by atoms with E-state index in [2.05, 4.69) is 15.6 Å². The van der Waals surface area contributed by atoms with Gasteiger partial charge in [-0.1, -0.05) is 30.3 Å². The van der Waals surface area contributed by atoms with Gasteiger partial charge in [-0.15, -0.1) is 0 Å². The lowest BCUT2D eigenvalue weighted by Crippen LogP contribution is -2.57. The van der Waals surface area contributed by atoms with Crippen LogP contribution in [0.2, 0.25) is 0 Å². The summed E-state index contributed by atoms with van der Waals surface area (Å²) in [7, 11) is 0. The van der Waals surface area contributed by atoms with Crippen LogP contribution in [0, 0.1) is 0 Å². The fourth-order valence-corrected chi connectivity index (χ4v) is 3.09. The standard InChI is InChI=1S/C19H21F3N4O/c20-19(21,22)17(26-8-6-23-7-9-26)13-25-18(27)16-10-15(11-24-12-16)14-4-2-1-3-5-14/h1-5,10-12,17,23H,6-9,13H2,(H,25,27). The Labute approximate surface area is 155 Å². The fraction of sp³-hybridized carbons (Fsp3) is 0.368. The van der Waals surface area contributed by atoms with Crippen LogP contribution >= 0.6 is 0 Å². The third-order valence-corrected chi connectivity index (χ3v) is 4.53. The van der Waals surface area contributed by atoms with E-state index in [4.69, 9.17) is 0 Å². The lowest BCUT2D eigenvalue weighted by Gasteiger charge is -2.35. The number of pyridine rings is 1. The van der Waals surface area contributed by atoms with Gasteiger partial charge in [0, 0.05) is 50.7 Å². The van der Waals surface area contributed by atoms with Crippen LogP contribution in [-0.2, 0) is 0 Å². The molecule has 144 valence electrons. The summed E-state index contributed by atoms with van der Waals surface area (Å²) in [6.07, 6.45) is -1.44. The van der Waals surface area contributed by atoms with Crippen molar-refractivity contribution in [2.45, 2.75) is 12.2 Å². The molecule has 8 heteroatoms. The van der Waals surface area contributed by atoms with Gasteiger partial charge in [-0.2, -0.15) is 13.2 Å². The zero-order chi connectivity index (χ0) is 19.3. The molecule has 1 aliphatic rings. The molecule has 1 amide bonds. The largest absolute Gasteiger partial charge is 0.405 e. The summed E-state index contributed by atoms with van der Waals surface area (Å²) in [6, 6.07) is 9.29. The molecular weight excluding hydrogens is 357 g/mol. The van der Waals surface area contributed by atoms with Crippen molar-refractivity contribution in [3.8, 4) is 11.1 Å². The third kappa shape index (κ3) is 5.05. The lowest BCUT2D eigenvalue weighted by molar-refractivity contribution is -0.183. The number of benzene rings is 1. The highest BCUT2D eigenvalue weighted by atomic mass is 19.4. The highest BCUT2D eigenvalue weighted by Crippen LogP contribution is 2.25. The van der Waals surface area contributed by atoms with Gasteiger partial charge in [-0.05, 0) is 11.6 Å². The molecule has 2 aromatic rings. The minimum Gasteiger partial charge on any atom is -0.350 e. The van der Waals surface area contributed by atoms with E-state index in [1.807, 2.05) is 30.3 Å². The quantitative estimate of drug-likeness (QED) is 0.839. The van der Waals surface area contributed by atoms with Crippen LogP contribution in [0.1, 0.15) is 10.4 Å². The Hall–Kier alpha value is -2.45. The lowest BCUT2D eigenvalue weighted by atomic mass is 10.1. The molecule has 1 aliphatic heterocycles. The molecule has 1 atom stereocenters. The van der Waals surface area contributed by atoms with E-state index in [1.54, 1.807) is 12.3 Å². The summed E-state index contributed by atoms with van der Waals surface area (Å²) in [6.45, 7) is 1.11. The van der Waals surface area contributed by atoms with E-state index in [-0.39, 0.29) is 5.56 Å². The number of carbonyl (C=O) groups is 1. The summed E-state index contributed by atoms with van der Waals surface area (Å²) in [5.41, 5.74) is 1.85. The number of amides is 1. The molecule has 1 fully saturated rings. The second-order valence-electron chi connectivity index (χ2n) is 6.38. The Kier molecular flexibility index (Phi) is 6.08. The third-order valence-electron chi connectivity index (χ3n) is 4.53. The van der Waals surface area contributed by atoms with Crippen LogP contribution in [0.4, 0.5) is 13.2 Å². The molecule has 5 nitrogen and oxygen atoms in total. The van der Waals surface area contributed by atoms with Crippen LogP contribution in [0.5, 0.6) is 0 Å². The second-order valence-corrected chi connectivity index (χ2v) is 6.38. The summed E-state index contributed by atoms with van der Waals surface area (Å²) in [5, 5.41) is 5.45. The highest BCUT2D eigenvalue weighted by molar-refractivity contribution is 5.95. The molecule has 1 aromatic carbocycles. The van der Waals surface area contributed by atoms with E-state index in [0.717, 1.165) is 11.1 Å². The van der Waals surface area contributed by atoms with Gasteiger partial charge in [0.25, 0.3) is 5.91 Å². The Morgan fingerprint density at radius 3 is 2.52 bits per heavy atom. The van der Waals surface area contributed by atoms with Crippen molar-refractivity contribution >= 4 is 5.91 Å². The molecule has 2 heterocycles. The van der Waals surface area contributed by atoms with Gasteiger partial charge in [0.15, 0.2) is 0 Å². The Morgan fingerprint density at radius 2 is 1.85 bits per heavy atom. The fourth-order valence-electron chi connectivity index (χ4n) is 3.09. The molecule has 27 heavy (non-hydrogen) atoms. The Morgan fingerprint density at radius 1 is 1.15 bits per heavy atom. The van der Waals surface area contributed by atoms with E-state index >= 15 is 0 Å². The highest BCUT2D eigenvalue weighted by Gasteiger charge is 2.43. The van der Waals surface area contributed by atoms with Gasteiger partial charge in [-0.3, -0.25) is 14.7 Å². The van der Waals surface area contributed by atoms with Gasteiger partial charge in [0.2, 0.25) is 0 Å². The molecule has 0 radical (unpaired) electrons. The Bertz CT molecular complexity index is 761. The smallest absolute Gasteiger partial charge is 0.350 e. The van der Waals surface area contributed by atoms with Crippen molar-refractivity contribution in [3.63, 3.8) is 0 Å². The maximum absolute atomic E-state index is 13.4. The minimum absolute atomic E-state index is 0.234. The summed E-state index contributed by atoms with van der Waals surface area (Å²) in [4.78, 5) is 17.8. The van der Waals surface area contributed by atoms with E-state index in [0.29, 0.717) is 26.2 Å². The summed E-state index contributed by atoms with van der Waals surface area (Å²) < 4.78 is 40.3. The van der Waals surface area contributed by atoms with Crippen molar-refractivity contribution < 1.29 is 18.0 Å². The summed E-state index contributed by atoms with van der Waals surface area (Å²) in [5.74, 6) is -0.565. The van der Waals surface area contributed by atoms with Crippen LogP contribution < -0.4 is 10.6 Å². The molecule has 2 N–H and O–H groups in total. The first-order chi connectivity index (χ1) is 12.9. The number of alkyl halides is 3. The van der Waals surface area contributed by atoms with Crippen LogP contribution in [0.25, 0.3) is 11.1 Å². The molecular formula is C19H21F3N4O. The number of carbonyl (C=O) groups excluding carboxylic acids is 1. The van der Waals surface area contributed by atoms with Gasteiger partial charge < -0.3 is 10.6 Å². The zero-order valence-corrected chi connectivity index (χ0v) is 14.7. The topological polar surface area (TPSA) is 57.3 Å². The minimum atomic E-state index is -4.41. The molecule has 1 saturated heterocycles. The average molecular weight is 378 g/mol. The maximum atomic E-state index is 13.4. The number of hydrogen-bond acceptors (Lipinski definition) is 4.